The Morgan fingerprint density at radius 3 is 2.84 bits per heavy atom. The number of rotatable bonds is 3. The van der Waals surface area contributed by atoms with E-state index in [0.29, 0.717) is 23.3 Å². The SMILES string of the molecule is CC1CCC(C(N)=O)CN1Cc1ccc(Cl)cc1N. The average Bonchev–Trinajstić information content (AvgIpc) is 2.34. The van der Waals surface area contributed by atoms with Gasteiger partial charge in [-0.3, -0.25) is 9.69 Å². The number of carbonyl (C=O) groups is 1. The zero-order valence-electron chi connectivity index (χ0n) is 11.1. The molecular formula is C14H20ClN3O. The number of benzene rings is 1. The van der Waals surface area contributed by atoms with Gasteiger partial charge < -0.3 is 11.5 Å². The lowest BCUT2D eigenvalue weighted by Crippen LogP contribution is -2.45. The van der Waals surface area contributed by atoms with Gasteiger partial charge in [0.15, 0.2) is 0 Å². The fourth-order valence-electron chi connectivity index (χ4n) is 2.56. The summed E-state index contributed by atoms with van der Waals surface area (Å²) in [5.41, 5.74) is 13.1. The van der Waals surface area contributed by atoms with Gasteiger partial charge in [-0.15, -0.1) is 0 Å². The Hall–Kier alpha value is -1.26. The number of nitrogens with zero attached hydrogens (tertiary/aromatic N) is 1. The molecule has 104 valence electrons. The fourth-order valence-corrected chi connectivity index (χ4v) is 2.74. The first-order chi connectivity index (χ1) is 8.97. The van der Waals surface area contributed by atoms with E-state index in [-0.39, 0.29) is 11.8 Å². The van der Waals surface area contributed by atoms with Crippen LogP contribution in [-0.4, -0.2) is 23.4 Å². The predicted octanol–water partition coefficient (Wildman–Crippen LogP) is 2.01. The Bertz CT molecular complexity index is 478. The number of nitrogens with two attached hydrogens (primary N) is 2. The predicted molar refractivity (Wildman–Crippen MR) is 77.7 cm³/mol. The number of nitrogen functional groups attached to an aromatic ring is 1. The van der Waals surface area contributed by atoms with E-state index in [0.717, 1.165) is 24.9 Å². The van der Waals surface area contributed by atoms with Gasteiger partial charge in [0.2, 0.25) is 5.91 Å². The number of piperidine rings is 1. The maximum Gasteiger partial charge on any atom is 0.221 e. The molecule has 5 heteroatoms. The maximum atomic E-state index is 11.3. The molecule has 2 rings (SSSR count). The van der Waals surface area contributed by atoms with Crippen LogP contribution in [0.15, 0.2) is 18.2 Å². The number of likely N-dealkylation sites (tertiary alicyclic amines) is 1. The van der Waals surface area contributed by atoms with Crippen molar-refractivity contribution < 1.29 is 4.79 Å². The average molecular weight is 282 g/mol. The Labute approximate surface area is 118 Å². The maximum absolute atomic E-state index is 11.3. The molecule has 4 N–H and O–H groups in total. The molecule has 1 amide bonds. The first-order valence-corrected chi connectivity index (χ1v) is 6.92. The standard InChI is InChI=1S/C14H20ClN3O/c1-9-2-3-11(14(17)19)8-18(9)7-10-4-5-12(15)6-13(10)16/h4-6,9,11H,2-3,7-8,16H2,1H3,(H2,17,19). The van der Waals surface area contributed by atoms with Crippen LogP contribution < -0.4 is 11.5 Å². The minimum Gasteiger partial charge on any atom is -0.398 e. The summed E-state index contributed by atoms with van der Waals surface area (Å²) in [5, 5.41) is 0.642. The van der Waals surface area contributed by atoms with Crippen molar-refractivity contribution in [2.24, 2.45) is 11.7 Å². The van der Waals surface area contributed by atoms with Gasteiger partial charge in [-0.2, -0.15) is 0 Å². The molecule has 0 bridgehead atoms. The van der Waals surface area contributed by atoms with Crippen LogP contribution in [0.3, 0.4) is 0 Å². The van der Waals surface area contributed by atoms with Crippen molar-refractivity contribution >= 4 is 23.2 Å². The molecule has 0 radical (unpaired) electrons. The summed E-state index contributed by atoms with van der Waals surface area (Å²) in [6.07, 6.45) is 1.87. The van der Waals surface area contributed by atoms with Crippen LogP contribution in [0.4, 0.5) is 5.69 Å². The molecular weight excluding hydrogens is 262 g/mol. The summed E-state index contributed by atoms with van der Waals surface area (Å²) in [4.78, 5) is 13.6. The van der Waals surface area contributed by atoms with E-state index in [1.165, 1.54) is 0 Å². The van der Waals surface area contributed by atoms with Gasteiger partial charge in [0, 0.05) is 29.8 Å². The minimum absolute atomic E-state index is 0.0512. The molecule has 0 saturated carbocycles. The second kappa shape index (κ2) is 5.80. The third kappa shape index (κ3) is 3.39. The van der Waals surface area contributed by atoms with Crippen molar-refractivity contribution in [3.8, 4) is 0 Å². The molecule has 1 fully saturated rings. The summed E-state index contributed by atoms with van der Waals surface area (Å²) in [6.45, 7) is 3.61. The van der Waals surface area contributed by atoms with E-state index >= 15 is 0 Å². The smallest absolute Gasteiger partial charge is 0.221 e. The van der Waals surface area contributed by atoms with Crippen molar-refractivity contribution in [1.29, 1.82) is 0 Å². The summed E-state index contributed by atoms with van der Waals surface area (Å²) in [7, 11) is 0. The third-order valence-electron chi connectivity index (χ3n) is 3.89. The summed E-state index contributed by atoms with van der Waals surface area (Å²) >= 11 is 5.90. The third-order valence-corrected chi connectivity index (χ3v) is 4.13. The molecule has 4 nitrogen and oxygen atoms in total. The molecule has 0 aliphatic carbocycles. The van der Waals surface area contributed by atoms with E-state index < -0.39 is 0 Å². The van der Waals surface area contributed by atoms with E-state index in [9.17, 15) is 4.79 Å². The monoisotopic (exact) mass is 281 g/mol. The van der Waals surface area contributed by atoms with Crippen LogP contribution in [0.1, 0.15) is 25.3 Å². The number of hydrogen-bond acceptors (Lipinski definition) is 3. The number of primary amides is 1. The highest BCUT2D eigenvalue weighted by molar-refractivity contribution is 6.30. The molecule has 19 heavy (non-hydrogen) atoms. The molecule has 2 atom stereocenters. The highest BCUT2D eigenvalue weighted by Gasteiger charge is 2.28. The Balaban J connectivity index is 2.09. The number of anilines is 1. The van der Waals surface area contributed by atoms with E-state index in [1.54, 1.807) is 6.07 Å². The Morgan fingerprint density at radius 1 is 1.47 bits per heavy atom. The van der Waals surface area contributed by atoms with E-state index in [1.807, 2.05) is 12.1 Å². The second-order valence-electron chi connectivity index (χ2n) is 5.30. The van der Waals surface area contributed by atoms with Crippen LogP contribution in [0.2, 0.25) is 5.02 Å². The van der Waals surface area contributed by atoms with Gasteiger partial charge in [-0.05, 0) is 37.5 Å². The van der Waals surface area contributed by atoms with Gasteiger partial charge in [0.25, 0.3) is 0 Å². The molecule has 2 unspecified atom stereocenters. The number of halogens is 1. The Morgan fingerprint density at radius 2 is 2.21 bits per heavy atom. The second-order valence-corrected chi connectivity index (χ2v) is 5.73. The minimum atomic E-state index is -0.207. The van der Waals surface area contributed by atoms with Crippen LogP contribution in [0.25, 0.3) is 0 Å². The number of carbonyl (C=O) groups excluding carboxylic acids is 1. The summed E-state index contributed by atoms with van der Waals surface area (Å²) in [5.74, 6) is -0.259. The lowest BCUT2D eigenvalue weighted by atomic mass is 9.92. The zero-order valence-corrected chi connectivity index (χ0v) is 11.9. The van der Waals surface area contributed by atoms with Gasteiger partial charge >= 0.3 is 0 Å². The van der Waals surface area contributed by atoms with Gasteiger partial charge in [0.1, 0.15) is 0 Å². The molecule has 0 aromatic heterocycles. The molecule has 1 saturated heterocycles. The fraction of sp³-hybridized carbons (Fsp3) is 0.500. The number of amides is 1. The molecule has 0 spiro atoms. The van der Waals surface area contributed by atoms with Gasteiger partial charge in [0.05, 0.1) is 5.92 Å². The van der Waals surface area contributed by atoms with Crippen LogP contribution in [-0.2, 0) is 11.3 Å². The first kappa shape index (κ1) is 14.2. The van der Waals surface area contributed by atoms with E-state index in [4.69, 9.17) is 23.1 Å². The first-order valence-electron chi connectivity index (χ1n) is 6.54. The zero-order chi connectivity index (χ0) is 14.0. The van der Waals surface area contributed by atoms with E-state index in [2.05, 4.69) is 11.8 Å². The summed E-state index contributed by atoms with van der Waals surface area (Å²) < 4.78 is 0. The topological polar surface area (TPSA) is 72.4 Å². The van der Waals surface area contributed by atoms with Gasteiger partial charge in [-0.1, -0.05) is 17.7 Å². The molecule has 1 aliphatic rings. The lowest BCUT2D eigenvalue weighted by molar-refractivity contribution is -0.124. The summed E-state index contributed by atoms with van der Waals surface area (Å²) in [6, 6.07) is 5.98. The Kier molecular flexibility index (Phi) is 4.32. The largest absolute Gasteiger partial charge is 0.398 e. The molecule has 1 aromatic rings. The normalized spacial score (nSPS) is 24.3. The van der Waals surface area contributed by atoms with Crippen molar-refractivity contribution in [3.63, 3.8) is 0 Å². The van der Waals surface area contributed by atoms with Crippen LogP contribution in [0, 0.1) is 5.92 Å². The quantitative estimate of drug-likeness (QED) is 0.833. The van der Waals surface area contributed by atoms with Crippen molar-refractivity contribution in [2.45, 2.75) is 32.4 Å². The van der Waals surface area contributed by atoms with Crippen LogP contribution in [0.5, 0.6) is 0 Å². The molecule has 1 heterocycles. The lowest BCUT2D eigenvalue weighted by Gasteiger charge is -2.37. The molecule has 1 aromatic carbocycles. The number of hydrogen-bond donors (Lipinski definition) is 2. The van der Waals surface area contributed by atoms with Crippen molar-refractivity contribution in [1.82, 2.24) is 4.90 Å². The van der Waals surface area contributed by atoms with Crippen molar-refractivity contribution in [3.05, 3.63) is 28.8 Å². The van der Waals surface area contributed by atoms with Gasteiger partial charge in [-0.25, -0.2) is 0 Å². The molecule has 1 aliphatic heterocycles. The van der Waals surface area contributed by atoms with Crippen molar-refractivity contribution in [2.75, 3.05) is 12.3 Å². The highest BCUT2D eigenvalue weighted by atomic mass is 35.5. The van der Waals surface area contributed by atoms with Crippen LogP contribution >= 0.6 is 11.6 Å². The highest BCUT2D eigenvalue weighted by Crippen LogP contribution is 2.26.